The summed E-state index contributed by atoms with van der Waals surface area (Å²) in [4.78, 5) is 42.2. The maximum atomic E-state index is 12.5. The molecule has 0 fully saturated rings. The number of rotatable bonds is 4. The minimum Gasteiger partial charge on any atom is -0.347 e. The average Bonchev–Trinajstić information content (AvgIpc) is 3.19. The smallest absolute Gasteiger partial charge is 0.332 e. The Morgan fingerprint density at radius 1 is 1.38 bits per heavy atom. The minimum absolute atomic E-state index is 0.183. The number of fused-ring (bicyclic) bond motifs is 1. The lowest BCUT2D eigenvalue weighted by Gasteiger charge is -2.13. The van der Waals surface area contributed by atoms with Crippen LogP contribution in [-0.4, -0.2) is 24.6 Å². The molecule has 1 N–H and O–H groups in total. The lowest BCUT2D eigenvalue weighted by molar-refractivity contribution is -0.122. The number of amides is 1. The van der Waals surface area contributed by atoms with Gasteiger partial charge < -0.3 is 9.88 Å². The van der Waals surface area contributed by atoms with Gasteiger partial charge in [0.25, 0.3) is 5.56 Å². The Kier molecular flexibility index (Phi) is 4.10. The van der Waals surface area contributed by atoms with Crippen molar-refractivity contribution in [2.75, 3.05) is 0 Å². The second kappa shape index (κ2) is 6.08. The highest BCUT2D eigenvalue weighted by Gasteiger charge is 2.18. The molecule has 0 aliphatic heterocycles. The molecule has 0 saturated carbocycles. The van der Waals surface area contributed by atoms with Gasteiger partial charge >= 0.3 is 5.69 Å². The van der Waals surface area contributed by atoms with E-state index in [1.807, 2.05) is 24.4 Å². The van der Waals surface area contributed by atoms with Gasteiger partial charge in [-0.15, -0.1) is 11.3 Å². The van der Waals surface area contributed by atoms with Crippen LogP contribution in [0.5, 0.6) is 0 Å². The fourth-order valence-corrected chi connectivity index (χ4v) is 3.31. The molecule has 3 heterocycles. The van der Waals surface area contributed by atoms with E-state index in [1.54, 1.807) is 11.6 Å². The lowest BCUT2D eigenvalue weighted by Crippen LogP contribution is -2.43. The Morgan fingerprint density at radius 3 is 2.79 bits per heavy atom. The predicted octanol–water partition coefficient (Wildman–Crippen LogP) is 0.373. The maximum absolute atomic E-state index is 12.5. The Bertz CT molecular complexity index is 1010. The number of nitrogens with one attached hydrogen (secondary N) is 1. The normalized spacial score (nSPS) is 12.5. The first-order chi connectivity index (χ1) is 11.4. The third-order valence-electron chi connectivity index (χ3n) is 3.85. The molecule has 1 amide bonds. The van der Waals surface area contributed by atoms with Gasteiger partial charge in [-0.2, -0.15) is 0 Å². The van der Waals surface area contributed by atoms with Crippen LogP contribution in [0.3, 0.4) is 0 Å². The molecule has 3 rings (SSSR count). The number of aromatic nitrogens is 4. The second-order valence-electron chi connectivity index (χ2n) is 5.57. The molecular weight excluding hydrogens is 330 g/mol. The van der Waals surface area contributed by atoms with Crippen LogP contribution in [0.2, 0.25) is 0 Å². The van der Waals surface area contributed by atoms with Gasteiger partial charge in [0.2, 0.25) is 5.91 Å². The summed E-state index contributed by atoms with van der Waals surface area (Å²) in [5.41, 5.74) is -0.496. The molecule has 3 aromatic heterocycles. The van der Waals surface area contributed by atoms with Crippen molar-refractivity contribution in [1.82, 2.24) is 24.0 Å². The van der Waals surface area contributed by atoms with Crippen LogP contribution in [0.4, 0.5) is 0 Å². The summed E-state index contributed by atoms with van der Waals surface area (Å²) in [5, 5.41) is 4.73. The zero-order valence-electron chi connectivity index (χ0n) is 13.5. The molecule has 0 aliphatic rings. The van der Waals surface area contributed by atoms with Crippen LogP contribution in [0, 0.1) is 0 Å². The minimum atomic E-state index is -0.565. The number of carbonyl (C=O) groups is 1. The standard InChI is InChI=1S/C15H17N5O3S/c1-9(10-5-4-6-24-10)17-11(21)7-20-14(22)12-13(16-8-18(12)2)19(3)15(20)23/h4-6,8-9H,7H2,1-3H3,(H,17,21)/t9-/m0/s1. The summed E-state index contributed by atoms with van der Waals surface area (Å²) < 4.78 is 3.74. The summed E-state index contributed by atoms with van der Waals surface area (Å²) in [6, 6.07) is 3.64. The van der Waals surface area contributed by atoms with Crippen molar-refractivity contribution in [2.24, 2.45) is 14.1 Å². The summed E-state index contributed by atoms with van der Waals surface area (Å²) in [7, 11) is 3.20. The topological polar surface area (TPSA) is 90.9 Å². The zero-order chi connectivity index (χ0) is 17.4. The van der Waals surface area contributed by atoms with E-state index in [1.165, 1.54) is 29.3 Å². The largest absolute Gasteiger partial charge is 0.347 e. The number of hydrogen-bond acceptors (Lipinski definition) is 5. The van der Waals surface area contributed by atoms with Gasteiger partial charge in [-0.25, -0.2) is 14.3 Å². The monoisotopic (exact) mass is 347 g/mol. The molecular formula is C15H17N5O3S. The van der Waals surface area contributed by atoms with E-state index in [9.17, 15) is 14.4 Å². The van der Waals surface area contributed by atoms with Crippen LogP contribution in [0.1, 0.15) is 17.8 Å². The molecule has 0 unspecified atom stereocenters. The molecule has 0 saturated heterocycles. The first-order valence-corrected chi connectivity index (χ1v) is 8.21. The van der Waals surface area contributed by atoms with Crippen LogP contribution >= 0.6 is 11.3 Å². The summed E-state index contributed by atoms with van der Waals surface area (Å²) in [6.07, 6.45) is 1.47. The van der Waals surface area contributed by atoms with E-state index in [2.05, 4.69) is 10.3 Å². The number of thiophene rings is 1. The quantitative estimate of drug-likeness (QED) is 0.738. The van der Waals surface area contributed by atoms with Crippen LogP contribution in [0.25, 0.3) is 11.2 Å². The van der Waals surface area contributed by atoms with Crippen molar-refractivity contribution in [3.8, 4) is 0 Å². The van der Waals surface area contributed by atoms with Crippen LogP contribution in [0.15, 0.2) is 33.4 Å². The second-order valence-corrected chi connectivity index (χ2v) is 6.54. The molecule has 1 atom stereocenters. The summed E-state index contributed by atoms with van der Waals surface area (Å²) >= 11 is 1.53. The van der Waals surface area contributed by atoms with Crippen molar-refractivity contribution in [1.29, 1.82) is 0 Å². The fraction of sp³-hybridized carbons (Fsp3) is 0.333. The highest BCUT2D eigenvalue weighted by Crippen LogP contribution is 2.17. The maximum Gasteiger partial charge on any atom is 0.332 e. The van der Waals surface area contributed by atoms with E-state index in [-0.39, 0.29) is 18.1 Å². The van der Waals surface area contributed by atoms with Crippen molar-refractivity contribution in [3.63, 3.8) is 0 Å². The molecule has 3 aromatic rings. The van der Waals surface area contributed by atoms with Crippen molar-refractivity contribution >= 4 is 28.4 Å². The van der Waals surface area contributed by atoms with Crippen molar-refractivity contribution in [2.45, 2.75) is 19.5 Å². The zero-order valence-corrected chi connectivity index (χ0v) is 14.3. The fourth-order valence-electron chi connectivity index (χ4n) is 2.58. The van der Waals surface area contributed by atoms with Gasteiger partial charge in [0.05, 0.1) is 12.4 Å². The van der Waals surface area contributed by atoms with Crippen molar-refractivity contribution in [3.05, 3.63) is 49.6 Å². The Morgan fingerprint density at radius 2 is 2.12 bits per heavy atom. The number of carbonyl (C=O) groups excluding carboxylic acids is 1. The molecule has 8 nitrogen and oxygen atoms in total. The number of nitrogens with zero attached hydrogens (tertiary/aromatic N) is 4. The van der Waals surface area contributed by atoms with Gasteiger partial charge in [0, 0.05) is 19.0 Å². The van der Waals surface area contributed by atoms with E-state index < -0.39 is 17.2 Å². The molecule has 126 valence electrons. The van der Waals surface area contributed by atoms with E-state index in [4.69, 9.17) is 0 Å². The van der Waals surface area contributed by atoms with Crippen LogP contribution in [-0.2, 0) is 25.4 Å². The predicted molar refractivity (Wildman–Crippen MR) is 91.1 cm³/mol. The number of imidazole rings is 1. The Labute approximate surface area is 141 Å². The van der Waals surface area contributed by atoms with E-state index >= 15 is 0 Å². The molecule has 0 aromatic carbocycles. The van der Waals surface area contributed by atoms with Crippen LogP contribution < -0.4 is 16.6 Å². The van der Waals surface area contributed by atoms with Gasteiger partial charge in [-0.1, -0.05) is 6.07 Å². The SMILES string of the molecule is C[C@H](NC(=O)Cn1c(=O)c2c(ncn2C)n(C)c1=O)c1cccs1. The highest BCUT2D eigenvalue weighted by atomic mass is 32.1. The van der Waals surface area contributed by atoms with Gasteiger partial charge in [0.15, 0.2) is 11.2 Å². The number of aryl methyl sites for hydroxylation is 2. The van der Waals surface area contributed by atoms with Gasteiger partial charge in [-0.3, -0.25) is 14.2 Å². The third kappa shape index (κ3) is 2.67. The molecule has 0 spiro atoms. The molecule has 0 aliphatic carbocycles. The Hall–Kier alpha value is -2.68. The molecule has 0 radical (unpaired) electrons. The lowest BCUT2D eigenvalue weighted by atomic mass is 10.3. The summed E-state index contributed by atoms with van der Waals surface area (Å²) in [5.74, 6) is -0.392. The van der Waals surface area contributed by atoms with Gasteiger partial charge in [0.1, 0.15) is 6.54 Å². The highest BCUT2D eigenvalue weighted by molar-refractivity contribution is 7.10. The van der Waals surface area contributed by atoms with Gasteiger partial charge in [-0.05, 0) is 18.4 Å². The molecule has 0 bridgehead atoms. The Balaban J connectivity index is 1.93. The first-order valence-electron chi connectivity index (χ1n) is 7.33. The van der Waals surface area contributed by atoms with E-state index in [0.29, 0.717) is 5.65 Å². The summed E-state index contributed by atoms with van der Waals surface area (Å²) in [6.45, 7) is 1.53. The third-order valence-corrected chi connectivity index (χ3v) is 4.91. The van der Waals surface area contributed by atoms with Crippen molar-refractivity contribution < 1.29 is 4.79 Å². The molecule has 24 heavy (non-hydrogen) atoms. The number of hydrogen-bond donors (Lipinski definition) is 1. The molecule has 9 heteroatoms. The van der Waals surface area contributed by atoms with E-state index in [0.717, 1.165) is 9.44 Å². The average molecular weight is 347 g/mol. The first kappa shape index (κ1) is 16.2.